The number of nitrogens with zero attached hydrogens (tertiary/aromatic N) is 4. The number of pyridine rings is 1. The summed E-state index contributed by atoms with van der Waals surface area (Å²) in [7, 11) is -3.46. The molecule has 1 fully saturated rings. The van der Waals surface area contributed by atoms with Crippen LogP contribution in [0, 0.1) is 10.1 Å². The molecule has 2 heterocycles. The highest BCUT2D eigenvalue weighted by Crippen LogP contribution is 2.17. The third-order valence-electron chi connectivity index (χ3n) is 5.01. The standard InChI is InChI=1S/C20H24N4O5S/c25-20(16-30(28,29)14-4-7-17-5-2-1-3-6-17)23-12-10-22(11-13-23)19-9-8-18(15-21-19)24(26)27/h1-3,5-6,8-9,15H,4,7,10-14,16H2. The van der Waals surface area contributed by atoms with Crippen LogP contribution in [-0.4, -0.2) is 66.8 Å². The lowest BCUT2D eigenvalue weighted by atomic mass is 10.1. The van der Waals surface area contributed by atoms with Gasteiger partial charge in [-0.1, -0.05) is 30.3 Å². The number of anilines is 1. The van der Waals surface area contributed by atoms with Crippen LogP contribution in [0.5, 0.6) is 0 Å². The number of nitro groups is 1. The van der Waals surface area contributed by atoms with Crippen molar-refractivity contribution in [3.8, 4) is 0 Å². The maximum Gasteiger partial charge on any atom is 0.287 e. The van der Waals surface area contributed by atoms with E-state index in [1.54, 1.807) is 11.0 Å². The predicted octanol–water partition coefficient (Wildman–Crippen LogP) is 1.69. The SMILES string of the molecule is O=C(CS(=O)(=O)CCCc1ccccc1)N1CCN(c2ccc([N+](=O)[O-])cn2)CC1. The molecule has 3 rings (SSSR count). The van der Waals surface area contributed by atoms with Crippen molar-refractivity contribution in [2.75, 3.05) is 42.6 Å². The summed E-state index contributed by atoms with van der Waals surface area (Å²) >= 11 is 0. The highest BCUT2D eigenvalue weighted by molar-refractivity contribution is 7.92. The van der Waals surface area contributed by atoms with Crippen LogP contribution in [0.3, 0.4) is 0 Å². The molecular formula is C20H24N4O5S. The maximum atomic E-state index is 12.4. The summed E-state index contributed by atoms with van der Waals surface area (Å²) in [5, 5.41) is 10.7. The Morgan fingerprint density at radius 1 is 1.07 bits per heavy atom. The Balaban J connectivity index is 1.45. The summed E-state index contributed by atoms with van der Waals surface area (Å²) in [6.07, 6.45) is 2.35. The molecule has 0 spiro atoms. The summed E-state index contributed by atoms with van der Waals surface area (Å²) in [5.74, 6) is -0.273. The Bertz CT molecular complexity index is 972. The molecule has 1 aliphatic rings. The maximum absolute atomic E-state index is 12.4. The van der Waals surface area contributed by atoms with Gasteiger partial charge in [0.25, 0.3) is 5.69 Å². The van der Waals surface area contributed by atoms with Gasteiger partial charge in [0, 0.05) is 32.2 Å². The minimum atomic E-state index is -3.46. The van der Waals surface area contributed by atoms with Crippen LogP contribution < -0.4 is 4.90 Å². The van der Waals surface area contributed by atoms with Gasteiger partial charge in [-0.15, -0.1) is 0 Å². The summed E-state index contributed by atoms with van der Waals surface area (Å²) in [6.45, 7) is 1.75. The van der Waals surface area contributed by atoms with Crippen molar-refractivity contribution in [1.82, 2.24) is 9.88 Å². The molecular weight excluding hydrogens is 408 g/mol. The first-order valence-corrected chi connectivity index (χ1v) is 11.5. The van der Waals surface area contributed by atoms with E-state index in [9.17, 15) is 23.3 Å². The van der Waals surface area contributed by atoms with Crippen LogP contribution in [-0.2, 0) is 21.1 Å². The van der Waals surface area contributed by atoms with Crippen molar-refractivity contribution in [2.45, 2.75) is 12.8 Å². The van der Waals surface area contributed by atoms with Gasteiger partial charge in [0.1, 0.15) is 17.8 Å². The van der Waals surface area contributed by atoms with Crippen LogP contribution in [0.1, 0.15) is 12.0 Å². The lowest BCUT2D eigenvalue weighted by molar-refractivity contribution is -0.385. The van der Waals surface area contributed by atoms with Crippen molar-refractivity contribution in [3.05, 3.63) is 64.3 Å². The molecule has 0 bridgehead atoms. The summed E-state index contributed by atoms with van der Waals surface area (Å²) in [4.78, 5) is 30.2. The van der Waals surface area contributed by atoms with Crippen molar-refractivity contribution >= 4 is 27.2 Å². The number of aryl methyl sites for hydroxylation is 1. The van der Waals surface area contributed by atoms with Crippen molar-refractivity contribution in [3.63, 3.8) is 0 Å². The Morgan fingerprint density at radius 3 is 2.37 bits per heavy atom. The van der Waals surface area contributed by atoms with E-state index in [2.05, 4.69) is 4.98 Å². The molecule has 0 aliphatic carbocycles. The van der Waals surface area contributed by atoms with Crippen LogP contribution in [0.4, 0.5) is 11.5 Å². The van der Waals surface area contributed by atoms with Crippen molar-refractivity contribution in [2.24, 2.45) is 0 Å². The van der Waals surface area contributed by atoms with Crippen LogP contribution in [0.15, 0.2) is 48.7 Å². The molecule has 0 atom stereocenters. The van der Waals surface area contributed by atoms with Gasteiger partial charge in [-0.05, 0) is 24.5 Å². The number of carbonyl (C=O) groups is 1. The molecule has 1 aromatic heterocycles. The number of hydrogen-bond donors (Lipinski definition) is 0. The number of aromatic nitrogens is 1. The number of benzene rings is 1. The van der Waals surface area contributed by atoms with Gasteiger partial charge >= 0.3 is 0 Å². The second-order valence-electron chi connectivity index (χ2n) is 7.18. The molecule has 1 amide bonds. The van der Waals surface area contributed by atoms with Crippen LogP contribution in [0.25, 0.3) is 0 Å². The minimum Gasteiger partial charge on any atom is -0.353 e. The van der Waals surface area contributed by atoms with Gasteiger partial charge in [0.2, 0.25) is 5.91 Å². The molecule has 160 valence electrons. The number of hydrogen-bond acceptors (Lipinski definition) is 7. The average molecular weight is 433 g/mol. The number of piperazine rings is 1. The molecule has 9 nitrogen and oxygen atoms in total. The van der Waals surface area contributed by atoms with E-state index in [0.717, 1.165) is 5.56 Å². The van der Waals surface area contributed by atoms with Gasteiger partial charge in [-0.25, -0.2) is 13.4 Å². The van der Waals surface area contributed by atoms with Crippen molar-refractivity contribution < 1.29 is 18.1 Å². The second kappa shape index (κ2) is 9.66. The number of sulfone groups is 1. The Hall–Kier alpha value is -3.01. The molecule has 2 aromatic rings. The molecule has 0 radical (unpaired) electrons. The zero-order valence-corrected chi connectivity index (χ0v) is 17.3. The fourth-order valence-electron chi connectivity index (χ4n) is 3.35. The first-order chi connectivity index (χ1) is 14.3. The fourth-order valence-corrected chi connectivity index (χ4v) is 4.64. The number of rotatable bonds is 8. The molecule has 1 aliphatic heterocycles. The molecule has 30 heavy (non-hydrogen) atoms. The molecule has 1 saturated heterocycles. The van der Waals surface area contributed by atoms with Gasteiger partial charge in [0.15, 0.2) is 9.84 Å². The Kier molecular flexibility index (Phi) is 6.99. The second-order valence-corrected chi connectivity index (χ2v) is 9.36. The normalized spacial score (nSPS) is 14.5. The van der Waals surface area contributed by atoms with E-state index in [1.807, 2.05) is 35.2 Å². The van der Waals surface area contributed by atoms with Gasteiger partial charge in [-0.2, -0.15) is 0 Å². The first kappa shape index (κ1) is 21.7. The van der Waals surface area contributed by atoms with E-state index in [-0.39, 0.29) is 17.3 Å². The quantitative estimate of drug-likeness (QED) is 0.461. The Morgan fingerprint density at radius 2 is 1.77 bits per heavy atom. The van der Waals surface area contributed by atoms with Gasteiger partial charge in [0.05, 0.1) is 10.7 Å². The molecule has 10 heteroatoms. The monoisotopic (exact) mass is 432 g/mol. The van der Waals surface area contributed by atoms with E-state index in [4.69, 9.17) is 0 Å². The van der Waals surface area contributed by atoms with Crippen LogP contribution >= 0.6 is 0 Å². The number of amides is 1. The summed E-state index contributed by atoms with van der Waals surface area (Å²) in [6, 6.07) is 12.6. The number of carbonyl (C=O) groups excluding carboxylic acids is 1. The first-order valence-electron chi connectivity index (χ1n) is 9.71. The van der Waals surface area contributed by atoms with E-state index in [1.165, 1.54) is 12.3 Å². The lowest BCUT2D eigenvalue weighted by Gasteiger charge is -2.35. The Labute approximate surface area is 175 Å². The molecule has 0 N–H and O–H groups in total. The molecule has 0 saturated carbocycles. The zero-order valence-electron chi connectivity index (χ0n) is 16.5. The topological polar surface area (TPSA) is 114 Å². The predicted molar refractivity (Wildman–Crippen MR) is 113 cm³/mol. The summed E-state index contributed by atoms with van der Waals surface area (Å²) < 4.78 is 24.6. The third-order valence-corrected chi connectivity index (χ3v) is 6.60. The third kappa shape index (κ3) is 5.99. The highest BCUT2D eigenvalue weighted by atomic mass is 32.2. The van der Waals surface area contributed by atoms with Crippen LogP contribution in [0.2, 0.25) is 0 Å². The van der Waals surface area contributed by atoms with Gasteiger partial charge in [-0.3, -0.25) is 14.9 Å². The lowest BCUT2D eigenvalue weighted by Crippen LogP contribution is -2.50. The zero-order chi connectivity index (χ0) is 21.6. The molecule has 0 unspecified atom stereocenters. The largest absolute Gasteiger partial charge is 0.353 e. The van der Waals surface area contributed by atoms with E-state index in [0.29, 0.717) is 44.8 Å². The summed E-state index contributed by atoms with van der Waals surface area (Å²) in [5.41, 5.74) is 1.00. The fraction of sp³-hybridized carbons (Fsp3) is 0.400. The smallest absolute Gasteiger partial charge is 0.287 e. The van der Waals surface area contributed by atoms with E-state index >= 15 is 0 Å². The van der Waals surface area contributed by atoms with E-state index < -0.39 is 20.5 Å². The van der Waals surface area contributed by atoms with Crippen molar-refractivity contribution in [1.29, 1.82) is 0 Å². The average Bonchev–Trinajstić information content (AvgIpc) is 2.74. The minimum absolute atomic E-state index is 0.0136. The molecule has 1 aromatic carbocycles. The highest BCUT2D eigenvalue weighted by Gasteiger charge is 2.26. The van der Waals surface area contributed by atoms with Gasteiger partial charge < -0.3 is 9.80 Å².